The summed E-state index contributed by atoms with van der Waals surface area (Å²) < 4.78 is 0. The smallest absolute Gasteiger partial charge is 0.289 e. The van der Waals surface area contributed by atoms with Crippen LogP contribution in [0.25, 0.3) is 0 Å². The van der Waals surface area contributed by atoms with Gasteiger partial charge in [0.05, 0.1) is 12.2 Å². The van der Waals surface area contributed by atoms with E-state index in [9.17, 15) is 28.8 Å². The molecule has 13 heteroatoms. The van der Waals surface area contributed by atoms with Crippen LogP contribution in [0.1, 0.15) is 96.5 Å². The van der Waals surface area contributed by atoms with E-state index in [-0.39, 0.29) is 41.3 Å². The second kappa shape index (κ2) is 15.6. The highest BCUT2D eigenvalue weighted by molar-refractivity contribution is 6.38. The van der Waals surface area contributed by atoms with Gasteiger partial charge in [-0.25, -0.2) is 4.98 Å². The van der Waals surface area contributed by atoms with Gasteiger partial charge < -0.3 is 26.2 Å². The van der Waals surface area contributed by atoms with Crippen molar-refractivity contribution in [3.63, 3.8) is 0 Å². The number of hydrogen-bond acceptors (Lipinski definition) is 8. The van der Waals surface area contributed by atoms with E-state index in [4.69, 9.17) is 0 Å². The number of carbonyl (C=O) groups excluding carboxylic acids is 6. The lowest BCUT2D eigenvalue weighted by atomic mass is 9.92. The number of Topliss-reactive ketones (excluding diaryl/α,β-unsaturated/α-hetero) is 1. The van der Waals surface area contributed by atoms with E-state index >= 15 is 0 Å². The second-order valence-corrected chi connectivity index (χ2v) is 13.6. The van der Waals surface area contributed by atoms with E-state index in [0.29, 0.717) is 19.4 Å². The first kappa shape index (κ1) is 35.0. The van der Waals surface area contributed by atoms with E-state index in [0.717, 1.165) is 38.5 Å². The molecule has 0 spiro atoms. The number of likely N-dealkylation sites (tertiary alicyclic amines) is 1. The molecule has 1 aliphatic heterocycles. The van der Waals surface area contributed by atoms with Gasteiger partial charge >= 0.3 is 0 Å². The predicted octanol–water partition coefficient (Wildman–Crippen LogP) is 1.52. The monoisotopic (exact) mass is 639 g/mol. The number of rotatable bonds is 14. The molecular weight excluding hydrogens is 590 g/mol. The molecule has 6 atom stereocenters. The molecule has 1 aromatic rings. The van der Waals surface area contributed by atoms with Crippen LogP contribution in [-0.4, -0.2) is 86.9 Å². The zero-order valence-corrected chi connectivity index (χ0v) is 27.6. The van der Waals surface area contributed by atoms with Crippen molar-refractivity contribution in [1.29, 1.82) is 0 Å². The van der Waals surface area contributed by atoms with Crippen LogP contribution in [0.5, 0.6) is 0 Å². The summed E-state index contributed by atoms with van der Waals surface area (Å²) in [6, 6.07) is -3.72. The summed E-state index contributed by atoms with van der Waals surface area (Å²) in [7, 11) is 0. The first-order valence-corrected chi connectivity index (χ1v) is 16.8. The van der Waals surface area contributed by atoms with Crippen molar-refractivity contribution < 1.29 is 28.8 Å². The van der Waals surface area contributed by atoms with E-state index in [1.54, 1.807) is 18.7 Å². The van der Waals surface area contributed by atoms with Crippen molar-refractivity contribution in [3.05, 3.63) is 24.3 Å². The first-order chi connectivity index (χ1) is 21.9. The first-order valence-electron chi connectivity index (χ1n) is 16.8. The van der Waals surface area contributed by atoms with Gasteiger partial charge in [0.15, 0.2) is 0 Å². The second-order valence-electron chi connectivity index (χ2n) is 13.6. The summed E-state index contributed by atoms with van der Waals surface area (Å²) in [4.78, 5) is 89.8. The summed E-state index contributed by atoms with van der Waals surface area (Å²) in [6.45, 7) is 9.45. The number of fused-ring (bicyclic) bond motifs is 1. The molecule has 1 aromatic heterocycles. The van der Waals surface area contributed by atoms with Crippen LogP contribution in [0.3, 0.4) is 0 Å². The topological polar surface area (TPSA) is 180 Å². The molecule has 2 heterocycles. The number of nitrogens with one attached hydrogen (secondary N) is 4. The molecule has 3 fully saturated rings. The molecule has 0 bridgehead atoms. The van der Waals surface area contributed by atoms with Gasteiger partial charge in [-0.05, 0) is 62.2 Å². The van der Waals surface area contributed by atoms with Crippen molar-refractivity contribution in [3.8, 4) is 0 Å². The van der Waals surface area contributed by atoms with E-state index in [1.165, 1.54) is 18.6 Å². The standard InChI is InChI=1S/C33H49N7O6/c1-6-9-23(28(41)32(45)36-21-11-8-12-21)37-31(44)27-22-13-7-10-20(22)17-40(27)33(46)26(19(4)5)39-30(43)25(18(2)3)38-29(42)24-16-34-14-15-35-24/h14-16,18-23,25-27H,6-13,17H2,1-5H3,(H,36,45)(H,37,44)(H,38,42)(H,39,43)/t20-,22-,23?,25+,26-,27-/m0/s1. The molecule has 13 nitrogen and oxygen atoms in total. The summed E-state index contributed by atoms with van der Waals surface area (Å²) in [5.41, 5.74) is 0.0651. The average Bonchev–Trinajstić information content (AvgIpc) is 3.61. The molecule has 2 aliphatic carbocycles. The quantitative estimate of drug-likeness (QED) is 0.221. The Hall–Kier alpha value is -3.90. The Morgan fingerprint density at radius 3 is 2.17 bits per heavy atom. The molecule has 4 N–H and O–H groups in total. The largest absolute Gasteiger partial charge is 0.347 e. The van der Waals surface area contributed by atoms with Gasteiger partial charge in [0, 0.05) is 25.0 Å². The Morgan fingerprint density at radius 1 is 0.891 bits per heavy atom. The van der Waals surface area contributed by atoms with Gasteiger partial charge in [0.25, 0.3) is 11.8 Å². The molecule has 0 aromatic carbocycles. The highest BCUT2D eigenvalue weighted by Crippen LogP contribution is 2.42. The summed E-state index contributed by atoms with van der Waals surface area (Å²) in [6.07, 6.45) is 10.3. The molecule has 5 amide bonds. The highest BCUT2D eigenvalue weighted by Gasteiger charge is 2.51. The van der Waals surface area contributed by atoms with Crippen LogP contribution >= 0.6 is 0 Å². The fourth-order valence-corrected chi connectivity index (χ4v) is 6.75. The fraction of sp³-hybridized carbons (Fsp3) is 0.697. The van der Waals surface area contributed by atoms with E-state index in [1.807, 2.05) is 20.8 Å². The van der Waals surface area contributed by atoms with Gasteiger partial charge in [-0.1, -0.05) is 47.5 Å². The van der Waals surface area contributed by atoms with Crippen molar-refractivity contribution in [2.75, 3.05) is 6.54 Å². The summed E-state index contributed by atoms with van der Waals surface area (Å²) in [5.74, 6) is -3.86. The Kier molecular flexibility index (Phi) is 11.9. The van der Waals surface area contributed by atoms with Gasteiger partial charge in [-0.2, -0.15) is 0 Å². The van der Waals surface area contributed by atoms with E-state index in [2.05, 4.69) is 31.2 Å². The maximum atomic E-state index is 14.2. The number of aromatic nitrogens is 2. The Balaban J connectivity index is 1.49. The Morgan fingerprint density at radius 2 is 1.59 bits per heavy atom. The van der Waals surface area contributed by atoms with Crippen LogP contribution in [0.15, 0.2) is 18.6 Å². The van der Waals surface area contributed by atoms with E-state index < -0.39 is 53.6 Å². The summed E-state index contributed by atoms with van der Waals surface area (Å²) >= 11 is 0. The molecule has 2 saturated carbocycles. The minimum Gasteiger partial charge on any atom is -0.347 e. The van der Waals surface area contributed by atoms with Gasteiger partial charge in [0.2, 0.25) is 23.5 Å². The van der Waals surface area contributed by atoms with Crippen LogP contribution in [0.2, 0.25) is 0 Å². The third kappa shape index (κ3) is 8.08. The Bertz CT molecular complexity index is 1280. The van der Waals surface area contributed by atoms with Crippen molar-refractivity contribution in [2.45, 2.75) is 116 Å². The summed E-state index contributed by atoms with van der Waals surface area (Å²) in [5, 5.41) is 11.2. The fourth-order valence-electron chi connectivity index (χ4n) is 6.75. The zero-order valence-electron chi connectivity index (χ0n) is 27.6. The molecular formula is C33H49N7O6. The molecule has 0 radical (unpaired) electrons. The minimum absolute atomic E-state index is 0.00424. The third-order valence-corrected chi connectivity index (χ3v) is 9.58. The average molecular weight is 640 g/mol. The van der Waals surface area contributed by atoms with Gasteiger partial charge in [0.1, 0.15) is 23.8 Å². The number of nitrogens with zero attached hydrogens (tertiary/aromatic N) is 3. The van der Waals surface area contributed by atoms with Crippen molar-refractivity contribution in [2.24, 2.45) is 23.7 Å². The van der Waals surface area contributed by atoms with Crippen LogP contribution in [-0.2, 0) is 24.0 Å². The molecule has 252 valence electrons. The SMILES string of the molecule is CCCC(NC(=O)[C@@H]1[C@H]2CCC[C@H]2CN1C(=O)[C@@H](NC(=O)[C@H](NC(=O)c1cnccn1)C(C)C)C(C)C)C(=O)C(=O)NC1CCC1. The maximum Gasteiger partial charge on any atom is 0.289 e. The number of amides is 5. The predicted molar refractivity (Wildman–Crippen MR) is 169 cm³/mol. The normalized spacial score (nSPS) is 22.8. The lowest BCUT2D eigenvalue weighted by Gasteiger charge is -2.34. The van der Waals surface area contributed by atoms with Crippen molar-refractivity contribution in [1.82, 2.24) is 36.1 Å². The number of carbonyl (C=O) groups is 6. The molecule has 1 saturated heterocycles. The lowest BCUT2D eigenvalue weighted by molar-refractivity contribution is -0.145. The Labute approximate surface area is 270 Å². The van der Waals surface area contributed by atoms with Gasteiger partial charge in [-0.3, -0.25) is 33.8 Å². The van der Waals surface area contributed by atoms with Gasteiger partial charge in [-0.15, -0.1) is 0 Å². The molecule has 1 unspecified atom stereocenters. The lowest BCUT2D eigenvalue weighted by Crippen LogP contribution is -2.60. The maximum absolute atomic E-state index is 14.2. The molecule has 3 aliphatic rings. The minimum atomic E-state index is -0.986. The molecule has 46 heavy (non-hydrogen) atoms. The number of ketones is 1. The highest BCUT2D eigenvalue weighted by atomic mass is 16.2. The van der Waals surface area contributed by atoms with Crippen LogP contribution < -0.4 is 21.3 Å². The van der Waals surface area contributed by atoms with Crippen LogP contribution in [0, 0.1) is 23.7 Å². The van der Waals surface area contributed by atoms with Crippen molar-refractivity contribution >= 4 is 35.3 Å². The molecule has 4 rings (SSSR count). The number of hydrogen-bond donors (Lipinski definition) is 4. The van der Waals surface area contributed by atoms with Crippen LogP contribution in [0.4, 0.5) is 0 Å². The third-order valence-electron chi connectivity index (χ3n) is 9.58. The zero-order chi connectivity index (χ0) is 33.5.